The summed E-state index contributed by atoms with van der Waals surface area (Å²) in [6.07, 6.45) is -0.611. The van der Waals surface area contributed by atoms with Gasteiger partial charge in [0, 0.05) is 57.9 Å². The molecule has 1 aliphatic heterocycles. The molecule has 2 heterocycles. The van der Waals surface area contributed by atoms with Gasteiger partial charge in [-0.1, -0.05) is 65.8 Å². The predicted molar refractivity (Wildman–Crippen MR) is 150 cm³/mol. The van der Waals surface area contributed by atoms with Gasteiger partial charge in [-0.15, -0.1) is 0 Å². The Hall–Kier alpha value is -2.75. The van der Waals surface area contributed by atoms with Crippen LogP contribution in [-0.2, 0) is 22.6 Å². The fourth-order valence-corrected chi connectivity index (χ4v) is 4.83. The number of morpholine rings is 1. The van der Waals surface area contributed by atoms with Gasteiger partial charge in [0.15, 0.2) is 0 Å². The van der Waals surface area contributed by atoms with E-state index in [1.165, 1.54) is 0 Å². The summed E-state index contributed by atoms with van der Waals surface area (Å²) in [6.45, 7) is 12.9. The van der Waals surface area contributed by atoms with Crippen LogP contribution in [0.5, 0.6) is 0 Å². The van der Waals surface area contributed by atoms with Crippen LogP contribution in [0.25, 0.3) is 11.3 Å². The normalized spacial score (nSPS) is 15.2. The van der Waals surface area contributed by atoms with Crippen LogP contribution in [-0.4, -0.2) is 91.8 Å². The standard InChI is InChI=1S/C30H42N4O4/c1-3-34(4-2)30-28(29(31-38-30)26-13-9-6-10-14-26)22-33(16-15-32-17-19-36-20-18-32)21-27(35)24-37-23-25-11-7-5-8-12-25/h5-14,27,35H,3-4,15-24H2,1-2H3/t27-/m0/s1. The highest BCUT2D eigenvalue weighted by Crippen LogP contribution is 2.32. The number of benzene rings is 2. The molecule has 0 amide bonds. The zero-order chi connectivity index (χ0) is 26.6. The van der Waals surface area contributed by atoms with Crippen molar-refractivity contribution in [3.8, 4) is 11.3 Å². The lowest BCUT2D eigenvalue weighted by Crippen LogP contribution is -2.43. The third-order valence-electron chi connectivity index (χ3n) is 6.97. The van der Waals surface area contributed by atoms with Crippen LogP contribution >= 0.6 is 0 Å². The first kappa shape index (κ1) is 28.3. The number of rotatable bonds is 15. The second-order valence-corrected chi connectivity index (χ2v) is 9.70. The van der Waals surface area contributed by atoms with Gasteiger partial charge in [0.25, 0.3) is 0 Å². The molecule has 38 heavy (non-hydrogen) atoms. The van der Waals surface area contributed by atoms with Crippen LogP contribution in [0.15, 0.2) is 65.2 Å². The lowest BCUT2D eigenvalue weighted by molar-refractivity contribution is 0.00213. The Labute approximate surface area is 226 Å². The zero-order valence-electron chi connectivity index (χ0n) is 22.8. The van der Waals surface area contributed by atoms with E-state index < -0.39 is 6.10 Å². The molecule has 1 N–H and O–H groups in total. The highest BCUT2D eigenvalue weighted by Gasteiger charge is 2.25. The van der Waals surface area contributed by atoms with Crippen LogP contribution in [0.1, 0.15) is 25.0 Å². The molecular weight excluding hydrogens is 480 g/mol. The molecular formula is C30H42N4O4. The number of aliphatic hydroxyl groups excluding tert-OH is 1. The fourth-order valence-electron chi connectivity index (χ4n) is 4.83. The first-order valence-corrected chi connectivity index (χ1v) is 13.8. The quantitative estimate of drug-likeness (QED) is 0.322. The largest absolute Gasteiger partial charge is 0.389 e. The minimum atomic E-state index is -0.611. The number of anilines is 1. The second-order valence-electron chi connectivity index (χ2n) is 9.70. The monoisotopic (exact) mass is 522 g/mol. The summed E-state index contributed by atoms with van der Waals surface area (Å²) < 4.78 is 17.3. The molecule has 8 nitrogen and oxygen atoms in total. The van der Waals surface area contributed by atoms with Crippen molar-refractivity contribution in [1.29, 1.82) is 0 Å². The lowest BCUT2D eigenvalue weighted by atomic mass is 10.1. The predicted octanol–water partition coefficient (Wildman–Crippen LogP) is 3.90. The Bertz CT molecular complexity index is 1050. The van der Waals surface area contributed by atoms with Crippen molar-refractivity contribution >= 4 is 5.88 Å². The van der Waals surface area contributed by atoms with Gasteiger partial charge in [0.2, 0.25) is 5.88 Å². The van der Waals surface area contributed by atoms with Crippen LogP contribution < -0.4 is 4.90 Å². The molecule has 4 rings (SSSR count). The molecule has 3 aromatic rings. The number of hydrogen-bond acceptors (Lipinski definition) is 8. The molecule has 8 heteroatoms. The first-order valence-electron chi connectivity index (χ1n) is 13.8. The Morgan fingerprint density at radius 2 is 1.68 bits per heavy atom. The number of nitrogens with zero attached hydrogens (tertiary/aromatic N) is 4. The summed E-state index contributed by atoms with van der Waals surface area (Å²) in [7, 11) is 0. The van der Waals surface area contributed by atoms with Crippen LogP contribution in [0, 0.1) is 0 Å². The van der Waals surface area contributed by atoms with Crippen molar-refractivity contribution in [2.75, 3.05) is 70.5 Å². The first-order chi connectivity index (χ1) is 18.7. The molecule has 1 fully saturated rings. The van der Waals surface area contributed by atoms with E-state index in [2.05, 4.69) is 45.8 Å². The van der Waals surface area contributed by atoms with Crippen LogP contribution in [0.4, 0.5) is 5.88 Å². The van der Waals surface area contributed by atoms with E-state index in [9.17, 15) is 5.11 Å². The Balaban J connectivity index is 1.50. The smallest absolute Gasteiger partial charge is 0.232 e. The minimum Gasteiger partial charge on any atom is -0.389 e. The van der Waals surface area contributed by atoms with Crippen molar-refractivity contribution < 1.29 is 19.1 Å². The summed E-state index contributed by atoms with van der Waals surface area (Å²) in [5.41, 5.74) is 4.05. The molecule has 1 aliphatic rings. The van der Waals surface area contributed by atoms with E-state index in [0.29, 0.717) is 19.7 Å². The van der Waals surface area contributed by atoms with Gasteiger partial charge in [0.1, 0.15) is 5.69 Å². The second kappa shape index (κ2) is 15.0. The molecule has 0 radical (unpaired) electrons. The van der Waals surface area contributed by atoms with Crippen molar-refractivity contribution in [3.63, 3.8) is 0 Å². The molecule has 1 aromatic heterocycles. The van der Waals surface area contributed by atoms with Gasteiger partial charge >= 0.3 is 0 Å². The maximum absolute atomic E-state index is 11.0. The number of aliphatic hydroxyl groups is 1. The van der Waals surface area contributed by atoms with E-state index in [4.69, 9.17) is 14.0 Å². The number of hydrogen-bond donors (Lipinski definition) is 1. The van der Waals surface area contributed by atoms with Crippen LogP contribution in [0.3, 0.4) is 0 Å². The van der Waals surface area contributed by atoms with Crippen molar-refractivity contribution in [2.24, 2.45) is 0 Å². The summed E-state index contributed by atoms with van der Waals surface area (Å²) in [5, 5.41) is 15.5. The average molecular weight is 523 g/mol. The van der Waals surface area contributed by atoms with Gasteiger partial charge in [-0.3, -0.25) is 9.80 Å². The Kier molecular flexibility index (Phi) is 11.2. The molecule has 0 aliphatic carbocycles. The lowest BCUT2D eigenvalue weighted by Gasteiger charge is -2.31. The fraction of sp³-hybridized carbons (Fsp3) is 0.500. The zero-order valence-corrected chi connectivity index (χ0v) is 22.8. The maximum atomic E-state index is 11.0. The SMILES string of the molecule is CCN(CC)c1onc(-c2ccccc2)c1CN(CCN1CCOCC1)C[C@H](O)COCc1ccccc1. The molecule has 0 unspecified atom stereocenters. The summed E-state index contributed by atoms with van der Waals surface area (Å²) in [4.78, 5) is 6.93. The topological polar surface area (TPSA) is 74.4 Å². The molecule has 1 atom stereocenters. The maximum Gasteiger partial charge on any atom is 0.232 e. The number of ether oxygens (including phenoxy) is 2. The summed E-state index contributed by atoms with van der Waals surface area (Å²) >= 11 is 0. The summed E-state index contributed by atoms with van der Waals surface area (Å²) in [5.74, 6) is 0.806. The third kappa shape index (κ3) is 8.12. The van der Waals surface area contributed by atoms with Crippen molar-refractivity contribution in [1.82, 2.24) is 15.0 Å². The summed E-state index contributed by atoms with van der Waals surface area (Å²) in [6, 6.07) is 20.2. The Morgan fingerprint density at radius 1 is 1.00 bits per heavy atom. The van der Waals surface area contributed by atoms with Crippen molar-refractivity contribution in [3.05, 3.63) is 71.8 Å². The highest BCUT2D eigenvalue weighted by molar-refractivity contribution is 5.68. The average Bonchev–Trinajstić information content (AvgIpc) is 3.37. The molecule has 0 spiro atoms. The van der Waals surface area contributed by atoms with Gasteiger partial charge in [0.05, 0.1) is 38.1 Å². The molecule has 0 bridgehead atoms. The van der Waals surface area contributed by atoms with Gasteiger partial charge < -0.3 is 24.0 Å². The third-order valence-corrected chi connectivity index (χ3v) is 6.97. The van der Waals surface area contributed by atoms with E-state index in [1.807, 2.05) is 48.5 Å². The molecule has 2 aromatic carbocycles. The van der Waals surface area contributed by atoms with Crippen LogP contribution in [0.2, 0.25) is 0 Å². The highest BCUT2D eigenvalue weighted by atomic mass is 16.5. The van der Waals surface area contributed by atoms with E-state index >= 15 is 0 Å². The molecule has 0 saturated carbocycles. The Morgan fingerprint density at radius 3 is 2.37 bits per heavy atom. The van der Waals surface area contributed by atoms with E-state index in [-0.39, 0.29) is 6.61 Å². The number of aromatic nitrogens is 1. The molecule has 206 valence electrons. The van der Waals surface area contributed by atoms with Crippen molar-refractivity contribution in [2.45, 2.75) is 33.1 Å². The van der Waals surface area contributed by atoms with E-state index in [0.717, 1.165) is 80.8 Å². The van der Waals surface area contributed by atoms with Gasteiger partial charge in [-0.2, -0.15) is 0 Å². The van der Waals surface area contributed by atoms with E-state index in [1.54, 1.807) is 0 Å². The van der Waals surface area contributed by atoms with Gasteiger partial charge in [-0.25, -0.2) is 0 Å². The van der Waals surface area contributed by atoms with Gasteiger partial charge in [-0.05, 0) is 19.4 Å². The molecule has 1 saturated heterocycles. The minimum absolute atomic E-state index is 0.279.